The molecule has 3 aromatic rings. The van der Waals surface area contributed by atoms with Gasteiger partial charge in [0.1, 0.15) is 12.4 Å². The fourth-order valence-corrected chi connectivity index (χ4v) is 2.63. The zero-order valence-electron chi connectivity index (χ0n) is 15.6. The number of nitrogens with one attached hydrogen (secondary N) is 1. The summed E-state index contributed by atoms with van der Waals surface area (Å²) in [6.07, 6.45) is 1.91. The summed E-state index contributed by atoms with van der Waals surface area (Å²) in [5, 5.41) is 4.72. The number of hydrogen-bond acceptors (Lipinski definition) is 3. The van der Waals surface area contributed by atoms with Crippen molar-refractivity contribution in [3.05, 3.63) is 100 Å². The summed E-state index contributed by atoms with van der Waals surface area (Å²) in [7, 11) is 0. The van der Waals surface area contributed by atoms with Crippen molar-refractivity contribution in [1.82, 2.24) is 5.43 Å². The van der Waals surface area contributed by atoms with Crippen molar-refractivity contribution in [2.45, 2.75) is 20.0 Å². The normalized spacial score (nSPS) is 10.8. The van der Waals surface area contributed by atoms with Crippen LogP contribution in [0.25, 0.3) is 0 Å². The molecule has 1 N–H and O–H groups in total. The van der Waals surface area contributed by atoms with Gasteiger partial charge in [-0.15, -0.1) is 0 Å². The Bertz CT molecular complexity index is 934. The summed E-state index contributed by atoms with van der Waals surface area (Å²) < 4.78 is 5.75. The van der Waals surface area contributed by atoms with Gasteiger partial charge in [0.2, 0.25) is 5.91 Å². The number of ether oxygens (including phenoxy) is 1. The number of hydrazone groups is 1. The molecule has 0 aromatic heterocycles. The van der Waals surface area contributed by atoms with Crippen LogP contribution in [0.1, 0.15) is 22.3 Å². The van der Waals surface area contributed by atoms with Crippen molar-refractivity contribution in [2.75, 3.05) is 0 Å². The zero-order chi connectivity index (χ0) is 19.8. The molecule has 0 radical (unpaired) electrons. The van der Waals surface area contributed by atoms with Gasteiger partial charge in [-0.2, -0.15) is 5.10 Å². The number of hydrogen-bond donors (Lipinski definition) is 1. The zero-order valence-corrected chi connectivity index (χ0v) is 16.3. The third-order valence-electron chi connectivity index (χ3n) is 4.09. The molecule has 28 heavy (non-hydrogen) atoms. The first-order valence-corrected chi connectivity index (χ1v) is 9.31. The topological polar surface area (TPSA) is 50.7 Å². The minimum absolute atomic E-state index is 0.150. The third-order valence-corrected chi connectivity index (χ3v) is 4.34. The van der Waals surface area contributed by atoms with Crippen LogP contribution >= 0.6 is 11.6 Å². The van der Waals surface area contributed by atoms with Crippen LogP contribution < -0.4 is 10.2 Å². The van der Waals surface area contributed by atoms with E-state index in [0.29, 0.717) is 18.1 Å². The van der Waals surface area contributed by atoms with Crippen molar-refractivity contribution in [1.29, 1.82) is 0 Å². The molecule has 0 bridgehead atoms. The first-order chi connectivity index (χ1) is 13.6. The van der Waals surface area contributed by atoms with Crippen LogP contribution in [-0.2, 0) is 17.8 Å². The van der Waals surface area contributed by atoms with Crippen molar-refractivity contribution < 1.29 is 9.53 Å². The number of carbonyl (C=O) groups excluding carboxylic acids is 1. The Morgan fingerprint density at radius 1 is 0.964 bits per heavy atom. The summed E-state index contributed by atoms with van der Waals surface area (Å²) in [6.45, 7) is 2.49. The predicted octanol–water partition coefficient (Wildman–Crippen LogP) is 4.92. The number of rotatable bonds is 7. The number of aryl methyl sites for hydroxylation is 1. The van der Waals surface area contributed by atoms with E-state index in [2.05, 4.69) is 10.5 Å². The van der Waals surface area contributed by atoms with E-state index in [1.807, 2.05) is 79.7 Å². The lowest BCUT2D eigenvalue weighted by molar-refractivity contribution is -0.120. The molecule has 0 heterocycles. The highest BCUT2D eigenvalue weighted by atomic mass is 35.5. The quantitative estimate of drug-likeness (QED) is 0.458. The molecule has 3 aromatic carbocycles. The smallest absolute Gasteiger partial charge is 0.244 e. The summed E-state index contributed by atoms with van der Waals surface area (Å²) in [6, 6.07) is 22.9. The minimum atomic E-state index is -0.150. The van der Waals surface area contributed by atoms with E-state index in [-0.39, 0.29) is 5.91 Å². The second kappa shape index (κ2) is 9.72. The van der Waals surface area contributed by atoms with Crippen molar-refractivity contribution in [2.24, 2.45) is 5.10 Å². The molecule has 0 aliphatic carbocycles. The first kappa shape index (κ1) is 19.6. The lowest BCUT2D eigenvalue weighted by Gasteiger charge is -2.06. The molecule has 0 aliphatic heterocycles. The van der Waals surface area contributed by atoms with E-state index in [9.17, 15) is 4.79 Å². The average molecular weight is 393 g/mol. The molecule has 0 saturated carbocycles. The molecular formula is C23H21ClN2O2. The fraction of sp³-hybridized carbons (Fsp3) is 0.130. The van der Waals surface area contributed by atoms with Gasteiger partial charge in [0, 0.05) is 5.02 Å². The van der Waals surface area contributed by atoms with Crippen LogP contribution in [-0.4, -0.2) is 12.1 Å². The maximum atomic E-state index is 11.9. The summed E-state index contributed by atoms with van der Waals surface area (Å²) in [5.41, 5.74) is 6.59. The van der Waals surface area contributed by atoms with Crippen molar-refractivity contribution in [3.8, 4) is 5.75 Å². The van der Waals surface area contributed by atoms with Crippen LogP contribution in [0.15, 0.2) is 77.9 Å². The first-order valence-electron chi connectivity index (χ1n) is 8.93. The van der Waals surface area contributed by atoms with Crippen LogP contribution in [0.3, 0.4) is 0 Å². The lowest BCUT2D eigenvalue weighted by atomic mass is 10.1. The molecule has 1 amide bonds. The van der Waals surface area contributed by atoms with Crippen LogP contribution in [0.2, 0.25) is 5.02 Å². The van der Waals surface area contributed by atoms with Gasteiger partial charge in [-0.1, -0.05) is 53.6 Å². The maximum Gasteiger partial charge on any atom is 0.244 e. The van der Waals surface area contributed by atoms with E-state index in [1.165, 1.54) is 5.56 Å². The third kappa shape index (κ3) is 6.25. The van der Waals surface area contributed by atoms with Gasteiger partial charge >= 0.3 is 0 Å². The Labute approximate surface area is 169 Å². The van der Waals surface area contributed by atoms with Gasteiger partial charge in [0.25, 0.3) is 0 Å². The van der Waals surface area contributed by atoms with Gasteiger partial charge < -0.3 is 4.74 Å². The van der Waals surface area contributed by atoms with E-state index in [1.54, 1.807) is 6.21 Å². The van der Waals surface area contributed by atoms with Gasteiger partial charge in [0.15, 0.2) is 0 Å². The Balaban J connectivity index is 1.45. The summed E-state index contributed by atoms with van der Waals surface area (Å²) in [4.78, 5) is 11.9. The predicted molar refractivity (Wildman–Crippen MR) is 113 cm³/mol. The molecule has 0 atom stereocenters. The molecule has 0 saturated heterocycles. The number of nitrogens with zero attached hydrogens (tertiary/aromatic N) is 1. The van der Waals surface area contributed by atoms with Gasteiger partial charge in [-0.3, -0.25) is 4.79 Å². The Morgan fingerprint density at radius 2 is 1.61 bits per heavy atom. The number of amides is 1. The highest BCUT2D eigenvalue weighted by Gasteiger charge is 2.02. The van der Waals surface area contributed by atoms with E-state index < -0.39 is 0 Å². The Morgan fingerprint density at radius 3 is 2.29 bits per heavy atom. The molecule has 0 fully saturated rings. The monoisotopic (exact) mass is 392 g/mol. The van der Waals surface area contributed by atoms with Gasteiger partial charge in [-0.25, -0.2) is 5.43 Å². The van der Waals surface area contributed by atoms with E-state index >= 15 is 0 Å². The fourth-order valence-electron chi connectivity index (χ4n) is 2.51. The largest absolute Gasteiger partial charge is 0.489 e. The van der Waals surface area contributed by atoms with E-state index in [4.69, 9.17) is 16.3 Å². The lowest BCUT2D eigenvalue weighted by Crippen LogP contribution is -2.19. The second-order valence-corrected chi connectivity index (χ2v) is 6.88. The number of halogens is 1. The standard InChI is InChI=1S/C23H21ClN2O2/c1-17-2-4-18(5-3-17)14-23(27)26-25-15-19-8-12-22(13-9-19)28-16-20-6-10-21(24)11-7-20/h2-13,15H,14,16H2,1H3,(H,26,27). The van der Waals surface area contributed by atoms with Gasteiger partial charge in [0.05, 0.1) is 12.6 Å². The number of carbonyl (C=O) groups is 1. The van der Waals surface area contributed by atoms with Crippen molar-refractivity contribution >= 4 is 23.7 Å². The minimum Gasteiger partial charge on any atom is -0.489 e. The SMILES string of the molecule is Cc1ccc(CC(=O)NN=Cc2ccc(OCc3ccc(Cl)cc3)cc2)cc1. The second-order valence-electron chi connectivity index (χ2n) is 6.44. The Hall–Kier alpha value is -3.11. The molecule has 142 valence electrons. The van der Waals surface area contributed by atoms with Gasteiger partial charge in [-0.05, 0) is 60.0 Å². The Kier molecular flexibility index (Phi) is 6.82. The van der Waals surface area contributed by atoms with Crippen LogP contribution in [0.5, 0.6) is 5.75 Å². The molecule has 0 aliphatic rings. The maximum absolute atomic E-state index is 11.9. The highest BCUT2D eigenvalue weighted by Crippen LogP contribution is 2.15. The number of benzene rings is 3. The summed E-state index contributed by atoms with van der Waals surface area (Å²) in [5.74, 6) is 0.610. The van der Waals surface area contributed by atoms with E-state index in [0.717, 1.165) is 22.4 Å². The molecule has 4 nitrogen and oxygen atoms in total. The van der Waals surface area contributed by atoms with Crippen LogP contribution in [0, 0.1) is 6.92 Å². The molecule has 3 rings (SSSR count). The highest BCUT2D eigenvalue weighted by molar-refractivity contribution is 6.30. The summed E-state index contributed by atoms with van der Waals surface area (Å²) >= 11 is 5.87. The molecule has 0 spiro atoms. The average Bonchev–Trinajstić information content (AvgIpc) is 2.70. The molecular weight excluding hydrogens is 372 g/mol. The van der Waals surface area contributed by atoms with Crippen LogP contribution in [0.4, 0.5) is 0 Å². The van der Waals surface area contributed by atoms with Crippen molar-refractivity contribution in [3.63, 3.8) is 0 Å². The molecule has 5 heteroatoms. The molecule has 0 unspecified atom stereocenters.